The molecule has 0 radical (unpaired) electrons. The number of piperazine rings is 1. The Balaban J connectivity index is 1.42. The first-order valence-electron chi connectivity index (χ1n) is 10.5. The highest BCUT2D eigenvalue weighted by atomic mass is 16.2. The lowest BCUT2D eigenvalue weighted by Crippen LogP contribution is -2.44. The number of anilines is 2. The molecule has 0 unspecified atom stereocenters. The molecule has 166 valence electrons. The maximum Gasteiger partial charge on any atom is 0.331 e. The Morgan fingerprint density at radius 1 is 1.00 bits per heavy atom. The lowest BCUT2D eigenvalue weighted by Gasteiger charge is -2.33. The van der Waals surface area contributed by atoms with Gasteiger partial charge in [0.25, 0.3) is 5.56 Å². The molecule has 1 aromatic carbocycles. The number of amides is 1. The lowest BCUT2D eigenvalue weighted by atomic mass is 10.2. The summed E-state index contributed by atoms with van der Waals surface area (Å²) in [5.74, 6) is -0.108. The third kappa shape index (κ3) is 5.12. The van der Waals surface area contributed by atoms with E-state index >= 15 is 0 Å². The number of pyridine rings is 1. The van der Waals surface area contributed by atoms with Crippen molar-refractivity contribution in [2.45, 2.75) is 13.1 Å². The summed E-state index contributed by atoms with van der Waals surface area (Å²) >= 11 is 0. The van der Waals surface area contributed by atoms with E-state index in [4.69, 9.17) is 0 Å². The van der Waals surface area contributed by atoms with E-state index in [0.717, 1.165) is 42.0 Å². The smallest absolute Gasteiger partial charge is 0.331 e. The Morgan fingerprint density at radius 2 is 1.75 bits per heavy atom. The lowest BCUT2D eigenvalue weighted by molar-refractivity contribution is -0.116. The normalized spacial score (nSPS) is 14.3. The number of nitrogens with zero attached hydrogens (tertiary/aromatic N) is 5. The van der Waals surface area contributed by atoms with Crippen LogP contribution in [0.2, 0.25) is 0 Å². The number of carbonyl (C=O) groups excluding carboxylic acids is 1. The van der Waals surface area contributed by atoms with Gasteiger partial charge in [-0.25, -0.2) is 9.78 Å². The second kappa shape index (κ2) is 9.61. The van der Waals surface area contributed by atoms with E-state index in [1.807, 2.05) is 36.4 Å². The summed E-state index contributed by atoms with van der Waals surface area (Å²) in [6, 6.07) is 14.4. The van der Waals surface area contributed by atoms with Gasteiger partial charge >= 0.3 is 5.69 Å². The molecule has 3 heterocycles. The number of nitrogens with one attached hydrogen (secondary N) is 1. The maximum absolute atomic E-state index is 12.7. The second-order valence-corrected chi connectivity index (χ2v) is 7.88. The van der Waals surface area contributed by atoms with Crippen LogP contribution in [-0.2, 0) is 17.9 Å². The van der Waals surface area contributed by atoms with Crippen molar-refractivity contribution >= 4 is 17.4 Å². The number of hydrogen-bond acceptors (Lipinski definition) is 6. The molecular weight excluding hydrogens is 408 g/mol. The standard InChI is InChI=1S/C23H26N6O3/c1-26-11-13-27(14-12-26)19-7-8-20(24-15-19)25-21(30)17-29-22(31)9-10-28(23(29)32)16-18-5-3-2-4-6-18/h2-10,15H,11-14,16-17H2,1H3,(H,24,25,30). The average molecular weight is 435 g/mol. The Bertz CT molecular complexity index is 1180. The SMILES string of the molecule is CN1CCN(c2ccc(NC(=O)Cn3c(=O)ccn(Cc4ccccc4)c3=O)nc2)CC1. The molecule has 0 saturated carbocycles. The van der Waals surface area contributed by atoms with Gasteiger partial charge in [0.1, 0.15) is 12.4 Å². The summed E-state index contributed by atoms with van der Waals surface area (Å²) in [5.41, 5.74) is 0.871. The molecule has 0 aliphatic carbocycles. The van der Waals surface area contributed by atoms with Gasteiger partial charge in [0.15, 0.2) is 0 Å². The molecule has 1 amide bonds. The number of benzene rings is 1. The van der Waals surface area contributed by atoms with Crippen LogP contribution in [0, 0.1) is 0 Å². The van der Waals surface area contributed by atoms with Crippen LogP contribution in [0.25, 0.3) is 0 Å². The zero-order chi connectivity index (χ0) is 22.5. The van der Waals surface area contributed by atoms with Crippen molar-refractivity contribution < 1.29 is 4.79 Å². The average Bonchev–Trinajstić information content (AvgIpc) is 2.80. The predicted octanol–water partition coefficient (Wildman–Crippen LogP) is 0.844. The number of aromatic nitrogens is 3. The van der Waals surface area contributed by atoms with Gasteiger partial charge in [0.05, 0.1) is 18.4 Å². The Morgan fingerprint density at radius 3 is 2.44 bits per heavy atom. The van der Waals surface area contributed by atoms with Gasteiger partial charge in [-0.2, -0.15) is 0 Å². The quantitative estimate of drug-likeness (QED) is 0.618. The predicted molar refractivity (Wildman–Crippen MR) is 123 cm³/mol. The highest BCUT2D eigenvalue weighted by Crippen LogP contribution is 2.16. The van der Waals surface area contributed by atoms with Gasteiger partial charge in [-0.3, -0.25) is 18.7 Å². The summed E-state index contributed by atoms with van der Waals surface area (Å²) in [6.07, 6.45) is 3.17. The highest BCUT2D eigenvalue weighted by molar-refractivity contribution is 5.89. The first kappa shape index (κ1) is 21.5. The molecule has 32 heavy (non-hydrogen) atoms. The summed E-state index contributed by atoms with van der Waals surface area (Å²) in [6.45, 7) is 3.77. The summed E-state index contributed by atoms with van der Waals surface area (Å²) in [7, 11) is 2.10. The molecule has 1 N–H and O–H groups in total. The molecule has 1 fully saturated rings. The zero-order valence-corrected chi connectivity index (χ0v) is 18.0. The van der Waals surface area contributed by atoms with Gasteiger partial charge < -0.3 is 15.1 Å². The largest absolute Gasteiger partial charge is 0.368 e. The Kier molecular flexibility index (Phi) is 6.46. The minimum Gasteiger partial charge on any atom is -0.368 e. The van der Waals surface area contributed by atoms with E-state index in [1.165, 1.54) is 16.8 Å². The molecule has 9 nitrogen and oxygen atoms in total. The van der Waals surface area contributed by atoms with Gasteiger partial charge in [-0.05, 0) is 24.7 Å². The van der Waals surface area contributed by atoms with Crippen LogP contribution >= 0.6 is 0 Å². The van der Waals surface area contributed by atoms with E-state index in [0.29, 0.717) is 12.4 Å². The van der Waals surface area contributed by atoms with Crippen LogP contribution in [0.15, 0.2) is 70.5 Å². The summed E-state index contributed by atoms with van der Waals surface area (Å²) < 4.78 is 2.34. The number of rotatable bonds is 6. The van der Waals surface area contributed by atoms with E-state index in [-0.39, 0.29) is 6.54 Å². The van der Waals surface area contributed by atoms with Crippen molar-refractivity contribution in [2.75, 3.05) is 43.4 Å². The Labute approximate surface area is 185 Å². The first-order valence-corrected chi connectivity index (χ1v) is 10.5. The van der Waals surface area contributed by atoms with Crippen LogP contribution in [0.4, 0.5) is 11.5 Å². The number of hydrogen-bond donors (Lipinski definition) is 1. The molecule has 3 aromatic rings. The topological polar surface area (TPSA) is 92.5 Å². The van der Waals surface area contributed by atoms with Gasteiger partial charge in [-0.15, -0.1) is 0 Å². The fourth-order valence-electron chi connectivity index (χ4n) is 3.64. The van der Waals surface area contributed by atoms with Gasteiger partial charge in [-0.1, -0.05) is 30.3 Å². The molecule has 0 spiro atoms. The van der Waals surface area contributed by atoms with Gasteiger partial charge in [0.2, 0.25) is 5.91 Å². The van der Waals surface area contributed by atoms with E-state index in [1.54, 1.807) is 12.3 Å². The van der Waals surface area contributed by atoms with Crippen molar-refractivity contribution in [3.63, 3.8) is 0 Å². The van der Waals surface area contributed by atoms with Crippen molar-refractivity contribution in [1.29, 1.82) is 0 Å². The zero-order valence-electron chi connectivity index (χ0n) is 18.0. The fraction of sp³-hybridized carbons (Fsp3) is 0.304. The molecule has 1 aliphatic rings. The van der Waals surface area contributed by atoms with Crippen LogP contribution in [0.1, 0.15) is 5.56 Å². The third-order valence-electron chi connectivity index (χ3n) is 5.52. The second-order valence-electron chi connectivity index (χ2n) is 7.88. The molecular formula is C23H26N6O3. The Hall–Kier alpha value is -3.72. The molecule has 2 aromatic heterocycles. The van der Waals surface area contributed by atoms with E-state index in [9.17, 15) is 14.4 Å². The molecule has 0 atom stereocenters. The summed E-state index contributed by atoms with van der Waals surface area (Å²) in [5, 5.41) is 2.67. The van der Waals surface area contributed by atoms with Crippen LogP contribution < -0.4 is 21.5 Å². The maximum atomic E-state index is 12.7. The molecule has 9 heteroatoms. The monoisotopic (exact) mass is 434 g/mol. The highest BCUT2D eigenvalue weighted by Gasteiger charge is 2.15. The number of carbonyl (C=O) groups is 1. The van der Waals surface area contributed by atoms with Crippen LogP contribution in [0.3, 0.4) is 0 Å². The molecule has 4 rings (SSSR count). The number of likely N-dealkylation sites (N-methyl/N-ethyl adjacent to an activating group) is 1. The van der Waals surface area contributed by atoms with E-state index < -0.39 is 17.2 Å². The molecule has 1 aliphatic heterocycles. The first-order chi connectivity index (χ1) is 15.5. The van der Waals surface area contributed by atoms with Crippen LogP contribution in [-0.4, -0.2) is 58.2 Å². The minimum absolute atomic E-state index is 0.316. The van der Waals surface area contributed by atoms with Gasteiger partial charge in [0, 0.05) is 38.4 Å². The third-order valence-corrected chi connectivity index (χ3v) is 5.52. The molecule has 0 bridgehead atoms. The van der Waals surface area contributed by atoms with Crippen molar-refractivity contribution in [2.24, 2.45) is 0 Å². The molecule has 1 saturated heterocycles. The summed E-state index contributed by atoms with van der Waals surface area (Å²) in [4.78, 5) is 46.3. The van der Waals surface area contributed by atoms with Crippen molar-refractivity contribution in [3.8, 4) is 0 Å². The fourth-order valence-corrected chi connectivity index (χ4v) is 3.64. The van der Waals surface area contributed by atoms with Crippen molar-refractivity contribution in [1.82, 2.24) is 19.0 Å². The minimum atomic E-state index is -0.533. The van der Waals surface area contributed by atoms with E-state index in [2.05, 4.69) is 27.1 Å². The van der Waals surface area contributed by atoms with Crippen LogP contribution in [0.5, 0.6) is 0 Å². The van der Waals surface area contributed by atoms with Crippen molar-refractivity contribution in [3.05, 3.63) is 87.3 Å².